The molecule has 0 amide bonds. The molecular weight excluding hydrogens is 404 g/mol. The number of aliphatic hydroxyl groups excluding tert-OH is 3. The predicted octanol–water partition coefficient (Wildman–Crippen LogP) is 2.85. The maximum Gasteiger partial charge on any atom is 0.677 e. The van der Waals surface area contributed by atoms with E-state index in [1.165, 1.54) is 0 Å². The van der Waals surface area contributed by atoms with E-state index in [4.69, 9.17) is 28.6 Å². The topological polar surface area (TPSA) is 109 Å². The van der Waals surface area contributed by atoms with Crippen molar-refractivity contribution in [2.24, 2.45) is 0 Å². The van der Waals surface area contributed by atoms with Gasteiger partial charge in [0.2, 0.25) is 0 Å². The van der Waals surface area contributed by atoms with Crippen LogP contribution in [-0.4, -0.2) is 67.3 Å². The van der Waals surface area contributed by atoms with Gasteiger partial charge in [0.05, 0.1) is 0 Å². The Hall–Kier alpha value is 0.651. The average molecular weight is 451 g/mol. The quantitative estimate of drug-likeness (QED) is 0.400. The summed E-state index contributed by atoms with van der Waals surface area (Å²) in [4.78, 5) is 10.4. The molecule has 0 aliphatic rings. The molecule has 27 heavy (non-hydrogen) atoms. The van der Waals surface area contributed by atoms with Crippen molar-refractivity contribution in [1.29, 1.82) is 0 Å². The fourth-order valence-electron chi connectivity index (χ4n) is 1.10. The Labute approximate surface area is 183 Å². The second kappa shape index (κ2) is 28.9. The minimum Gasteiger partial charge on any atom is -0.397 e. The SMILES string of the molecule is CCC(C)O[Si](O)(OC(C)CC)OC(C)CC.CCO.CCO.CCO.[Ti]. The summed E-state index contributed by atoms with van der Waals surface area (Å²) in [5.41, 5.74) is 0. The third kappa shape index (κ3) is 34.5. The minimum absolute atomic E-state index is 0. The molecule has 4 N–H and O–H groups in total. The van der Waals surface area contributed by atoms with Crippen LogP contribution in [-0.2, 0) is 35.0 Å². The molecule has 7 nitrogen and oxygen atoms in total. The largest absolute Gasteiger partial charge is 0.677 e. The summed E-state index contributed by atoms with van der Waals surface area (Å²) < 4.78 is 16.7. The van der Waals surface area contributed by atoms with Crippen LogP contribution >= 0.6 is 0 Å². The number of rotatable bonds is 9. The van der Waals surface area contributed by atoms with Crippen LogP contribution < -0.4 is 0 Å². The van der Waals surface area contributed by atoms with Crippen LogP contribution in [0.3, 0.4) is 0 Å². The average Bonchev–Trinajstić information content (AvgIpc) is 2.56. The second-order valence-electron chi connectivity index (χ2n) is 5.48. The fraction of sp³-hybridized carbons (Fsp3) is 1.00. The van der Waals surface area contributed by atoms with Gasteiger partial charge < -0.3 is 33.4 Å². The molecule has 0 aromatic rings. The summed E-state index contributed by atoms with van der Waals surface area (Å²) in [7, 11) is -3.50. The van der Waals surface area contributed by atoms with Crippen molar-refractivity contribution in [3.05, 3.63) is 0 Å². The number of hydrogen-bond donors (Lipinski definition) is 4. The van der Waals surface area contributed by atoms with Gasteiger partial charge in [0.1, 0.15) is 0 Å². The van der Waals surface area contributed by atoms with Crippen molar-refractivity contribution in [2.45, 2.75) is 99.9 Å². The van der Waals surface area contributed by atoms with Gasteiger partial charge in [-0.05, 0) is 60.8 Å². The van der Waals surface area contributed by atoms with Crippen LogP contribution in [0.2, 0.25) is 0 Å². The van der Waals surface area contributed by atoms with Crippen LogP contribution in [0, 0.1) is 0 Å². The van der Waals surface area contributed by atoms with Crippen molar-refractivity contribution in [2.75, 3.05) is 19.8 Å². The first-order valence-electron chi connectivity index (χ1n) is 9.69. The Morgan fingerprint density at radius 2 is 0.741 bits per heavy atom. The third-order valence-corrected chi connectivity index (χ3v) is 4.88. The first-order valence-corrected chi connectivity index (χ1v) is 11.4. The van der Waals surface area contributed by atoms with E-state index >= 15 is 0 Å². The van der Waals surface area contributed by atoms with Gasteiger partial charge in [-0.1, -0.05) is 20.8 Å². The molecule has 9 heteroatoms. The normalized spacial score (nSPS) is 15.0. The van der Waals surface area contributed by atoms with E-state index in [2.05, 4.69) is 0 Å². The van der Waals surface area contributed by atoms with Gasteiger partial charge in [0.15, 0.2) is 0 Å². The Morgan fingerprint density at radius 3 is 0.852 bits per heavy atom. The summed E-state index contributed by atoms with van der Waals surface area (Å²) in [5.74, 6) is 0. The second-order valence-corrected chi connectivity index (χ2v) is 7.24. The molecule has 0 aromatic carbocycles. The maximum atomic E-state index is 10.4. The van der Waals surface area contributed by atoms with Gasteiger partial charge in [-0.2, -0.15) is 0 Å². The standard InChI is InChI=1S/C12H28O4Si.3C2H6O.Ti/c1-7-10(4)14-17(13,15-11(5)8-2)16-12(6)9-3;3*1-2-3;/h10-13H,7-9H2,1-6H3;3*3H,2H2,1H3;. The monoisotopic (exact) mass is 450 g/mol. The third-order valence-electron chi connectivity index (χ3n) is 2.78. The van der Waals surface area contributed by atoms with Crippen LogP contribution in [0.25, 0.3) is 0 Å². The molecule has 0 aromatic heterocycles. The summed E-state index contributed by atoms with van der Waals surface area (Å²) in [6.07, 6.45) is 2.30. The molecular formula is C18H46O7SiTi. The fourth-order valence-corrected chi connectivity index (χ4v) is 3.29. The summed E-state index contributed by atoms with van der Waals surface area (Å²) in [6, 6.07) is 0. The molecule has 0 spiro atoms. The van der Waals surface area contributed by atoms with E-state index in [0.717, 1.165) is 19.3 Å². The van der Waals surface area contributed by atoms with Crippen molar-refractivity contribution >= 4 is 9.05 Å². The molecule has 0 aliphatic carbocycles. The molecule has 0 saturated heterocycles. The zero-order chi connectivity index (χ0) is 21.6. The van der Waals surface area contributed by atoms with Crippen LogP contribution in [0.5, 0.6) is 0 Å². The molecule has 0 bridgehead atoms. The van der Waals surface area contributed by atoms with Crippen LogP contribution in [0.1, 0.15) is 81.6 Å². The summed E-state index contributed by atoms with van der Waals surface area (Å²) >= 11 is 0. The van der Waals surface area contributed by atoms with E-state index < -0.39 is 9.05 Å². The predicted molar refractivity (Wildman–Crippen MR) is 109 cm³/mol. The molecule has 168 valence electrons. The maximum absolute atomic E-state index is 10.4. The zero-order valence-electron chi connectivity index (χ0n) is 19.0. The molecule has 0 radical (unpaired) electrons. The summed E-state index contributed by atoms with van der Waals surface area (Å²) in [5, 5.41) is 22.7. The Bertz CT molecular complexity index is 216. The van der Waals surface area contributed by atoms with Crippen molar-refractivity contribution < 1.29 is 55.1 Å². The van der Waals surface area contributed by atoms with Crippen molar-refractivity contribution in [3.8, 4) is 0 Å². The zero-order valence-corrected chi connectivity index (χ0v) is 21.5. The molecule has 0 heterocycles. The molecule has 3 unspecified atom stereocenters. The van der Waals surface area contributed by atoms with Gasteiger partial charge in [-0.15, -0.1) is 0 Å². The molecule has 3 atom stereocenters. The Balaban J connectivity index is -0.000000136. The van der Waals surface area contributed by atoms with Gasteiger partial charge >= 0.3 is 9.05 Å². The van der Waals surface area contributed by atoms with E-state index in [-0.39, 0.29) is 59.9 Å². The van der Waals surface area contributed by atoms with Gasteiger partial charge in [0, 0.05) is 59.9 Å². The van der Waals surface area contributed by atoms with E-state index in [0.29, 0.717) is 0 Å². The van der Waals surface area contributed by atoms with E-state index in [9.17, 15) is 4.80 Å². The molecule has 0 fully saturated rings. The first-order chi connectivity index (χ1) is 12.1. The molecule has 0 saturated carbocycles. The van der Waals surface area contributed by atoms with Gasteiger partial charge in [0.25, 0.3) is 0 Å². The first kappa shape index (κ1) is 38.3. The Morgan fingerprint density at radius 1 is 0.593 bits per heavy atom. The van der Waals surface area contributed by atoms with Crippen LogP contribution in [0.15, 0.2) is 0 Å². The number of hydrogen-bond acceptors (Lipinski definition) is 7. The number of aliphatic hydroxyl groups is 3. The van der Waals surface area contributed by atoms with Crippen LogP contribution in [0.4, 0.5) is 0 Å². The smallest absolute Gasteiger partial charge is 0.397 e. The van der Waals surface area contributed by atoms with E-state index in [1.54, 1.807) is 20.8 Å². The minimum atomic E-state index is -3.50. The molecule has 0 rings (SSSR count). The summed E-state index contributed by atoms with van der Waals surface area (Å²) in [6.45, 7) is 17.6. The van der Waals surface area contributed by atoms with Crippen molar-refractivity contribution in [1.82, 2.24) is 0 Å². The molecule has 0 aliphatic heterocycles. The van der Waals surface area contributed by atoms with Gasteiger partial charge in [-0.3, -0.25) is 0 Å². The Kier molecular flexibility index (Phi) is 40.9. The van der Waals surface area contributed by atoms with Gasteiger partial charge in [-0.25, -0.2) is 0 Å². The van der Waals surface area contributed by atoms with E-state index in [1.807, 2.05) is 41.5 Å². The van der Waals surface area contributed by atoms with Crippen molar-refractivity contribution in [3.63, 3.8) is 0 Å².